The van der Waals surface area contributed by atoms with E-state index in [1.807, 2.05) is 24.5 Å². The van der Waals surface area contributed by atoms with Gasteiger partial charge in [0.25, 0.3) is 11.6 Å². The van der Waals surface area contributed by atoms with Crippen LogP contribution in [0.3, 0.4) is 0 Å². The number of nitrogens with zero attached hydrogens (tertiary/aromatic N) is 3. The van der Waals surface area contributed by atoms with E-state index < -0.39 is 4.92 Å². The van der Waals surface area contributed by atoms with E-state index in [-0.39, 0.29) is 17.2 Å². The molecule has 7 heteroatoms. The van der Waals surface area contributed by atoms with Crippen molar-refractivity contribution >= 4 is 29.4 Å². The lowest BCUT2D eigenvalue weighted by Gasteiger charge is -2.34. The molecular weight excluding hydrogens is 374 g/mol. The van der Waals surface area contributed by atoms with Crippen molar-refractivity contribution in [1.29, 1.82) is 0 Å². The van der Waals surface area contributed by atoms with Crippen LogP contribution >= 0.6 is 11.8 Å². The number of hydrogen-bond acceptors (Lipinski definition) is 5. The van der Waals surface area contributed by atoms with Crippen molar-refractivity contribution in [3.63, 3.8) is 0 Å². The molecule has 28 heavy (non-hydrogen) atoms. The van der Waals surface area contributed by atoms with Crippen LogP contribution in [-0.2, 0) is 0 Å². The largest absolute Gasteiger partial charge is 0.336 e. The summed E-state index contributed by atoms with van der Waals surface area (Å²) in [7, 11) is 0. The summed E-state index contributed by atoms with van der Waals surface area (Å²) in [5.41, 5.74) is 1.21. The fraction of sp³-hybridized carbons (Fsp3) is 0.286. The third-order valence-corrected chi connectivity index (χ3v) is 5.49. The molecule has 1 aliphatic heterocycles. The second kappa shape index (κ2) is 9.52. The van der Waals surface area contributed by atoms with Gasteiger partial charge in [0, 0.05) is 43.7 Å². The first-order valence-corrected chi connectivity index (χ1v) is 10.4. The van der Waals surface area contributed by atoms with Crippen molar-refractivity contribution in [3.05, 3.63) is 75.8 Å². The van der Waals surface area contributed by atoms with E-state index in [4.69, 9.17) is 0 Å². The first-order valence-electron chi connectivity index (χ1n) is 9.14. The van der Waals surface area contributed by atoms with Gasteiger partial charge in [-0.2, -0.15) is 0 Å². The molecule has 0 bridgehead atoms. The van der Waals surface area contributed by atoms with Crippen molar-refractivity contribution in [2.24, 2.45) is 0 Å². The van der Waals surface area contributed by atoms with E-state index in [1.54, 1.807) is 17.0 Å². The Kier molecular flexibility index (Phi) is 6.84. The highest BCUT2D eigenvalue weighted by atomic mass is 32.2. The molecule has 0 N–H and O–H groups in total. The number of amides is 1. The van der Waals surface area contributed by atoms with E-state index in [2.05, 4.69) is 29.2 Å². The van der Waals surface area contributed by atoms with E-state index in [0.717, 1.165) is 30.1 Å². The minimum Gasteiger partial charge on any atom is -0.336 e. The number of hydrogen-bond donors (Lipinski definition) is 0. The molecule has 1 aliphatic rings. The summed E-state index contributed by atoms with van der Waals surface area (Å²) in [6.45, 7) is 3.46. The molecule has 0 radical (unpaired) electrons. The Labute approximate surface area is 169 Å². The summed E-state index contributed by atoms with van der Waals surface area (Å²) in [5, 5.41) is 11.3. The molecule has 1 fully saturated rings. The van der Waals surface area contributed by atoms with Crippen LogP contribution in [0.4, 0.5) is 5.69 Å². The van der Waals surface area contributed by atoms with Crippen LogP contribution in [0.1, 0.15) is 15.9 Å². The molecule has 0 aromatic heterocycles. The Bertz CT molecular complexity index is 862. The molecule has 6 nitrogen and oxygen atoms in total. The van der Waals surface area contributed by atoms with Gasteiger partial charge in [0.15, 0.2) is 0 Å². The van der Waals surface area contributed by atoms with Gasteiger partial charge in [-0.1, -0.05) is 42.5 Å². The Morgan fingerprint density at radius 3 is 2.50 bits per heavy atom. The van der Waals surface area contributed by atoms with E-state index in [9.17, 15) is 14.9 Å². The molecule has 146 valence electrons. The zero-order chi connectivity index (χ0) is 19.9. The van der Waals surface area contributed by atoms with Gasteiger partial charge in [-0.15, -0.1) is 11.8 Å². The van der Waals surface area contributed by atoms with Gasteiger partial charge in [0.1, 0.15) is 5.56 Å². The standard InChI is InChI=1S/C21H23N3O3S/c1-28-18-9-10-20(24(26)27)19(16-18)21(25)23-14-12-22(13-15-23)11-5-8-17-6-3-2-4-7-17/h2-10,16H,11-15H2,1H3/b8-5+. The average Bonchev–Trinajstić information content (AvgIpc) is 2.74. The predicted molar refractivity (Wildman–Crippen MR) is 113 cm³/mol. The normalized spacial score (nSPS) is 15.1. The molecule has 1 amide bonds. The van der Waals surface area contributed by atoms with Crippen LogP contribution in [-0.4, -0.2) is 59.6 Å². The summed E-state index contributed by atoms with van der Waals surface area (Å²) in [4.78, 5) is 28.5. The molecule has 0 unspecified atom stereocenters. The third-order valence-electron chi connectivity index (χ3n) is 4.76. The number of thioether (sulfide) groups is 1. The van der Waals surface area contributed by atoms with Gasteiger partial charge in [0.2, 0.25) is 0 Å². The highest BCUT2D eigenvalue weighted by Crippen LogP contribution is 2.26. The first kappa shape index (κ1) is 20.1. The number of piperazine rings is 1. The number of carbonyl (C=O) groups is 1. The second-order valence-corrected chi connectivity index (χ2v) is 7.43. The second-order valence-electron chi connectivity index (χ2n) is 6.55. The molecule has 2 aromatic rings. The topological polar surface area (TPSA) is 66.7 Å². The lowest BCUT2D eigenvalue weighted by Crippen LogP contribution is -2.48. The van der Waals surface area contributed by atoms with Crippen molar-refractivity contribution in [1.82, 2.24) is 9.80 Å². The number of carbonyl (C=O) groups excluding carboxylic acids is 1. The van der Waals surface area contributed by atoms with Gasteiger partial charge in [0.05, 0.1) is 4.92 Å². The molecule has 3 rings (SSSR count). The van der Waals surface area contributed by atoms with Crippen molar-refractivity contribution in [2.75, 3.05) is 39.0 Å². The Hall–Kier alpha value is -2.64. The Balaban J connectivity index is 1.59. The molecule has 1 heterocycles. The Morgan fingerprint density at radius 2 is 1.86 bits per heavy atom. The summed E-state index contributed by atoms with van der Waals surface area (Å²) in [6, 6.07) is 14.9. The minimum absolute atomic E-state index is 0.129. The van der Waals surface area contributed by atoms with Crippen molar-refractivity contribution < 1.29 is 9.72 Å². The van der Waals surface area contributed by atoms with Gasteiger partial charge >= 0.3 is 0 Å². The highest BCUT2D eigenvalue weighted by molar-refractivity contribution is 7.98. The number of rotatable bonds is 6. The maximum absolute atomic E-state index is 12.9. The maximum atomic E-state index is 12.9. The summed E-state index contributed by atoms with van der Waals surface area (Å²) in [5.74, 6) is -0.262. The van der Waals surface area contributed by atoms with Crippen LogP contribution in [0.15, 0.2) is 59.5 Å². The average molecular weight is 398 g/mol. The molecule has 0 saturated carbocycles. The summed E-state index contributed by atoms with van der Waals surface area (Å²) in [6.07, 6.45) is 6.10. The molecule has 0 spiro atoms. The number of benzene rings is 2. The third kappa shape index (κ3) is 4.99. The maximum Gasteiger partial charge on any atom is 0.282 e. The van der Waals surface area contributed by atoms with Crippen LogP contribution in [0.2, 0.25) is 0 Å². The fourth-order valence-corrected chi connectivity index (χ4v) is 3.62. The summed E-state index contributed by atoms with van der Waals surface area (Å²) < 4.78 is 0. The van der Waals surface area contributed by atoms with Gasteiger partial charge in [-0.3, -0.25) is 19.8 Å². The summed E-state index contributed by atoms with van der Waals surface area (Å²) >= 11 is 1.47. The number of nitro benzene ring substituents is 1. The number of nitro groups is 1. The molecule has 0 aliphatic carbocycles. The van der Waals surface area contributed by atoms with E-state index in [1.165, 1.54) is 17.8 Å². The van der Waals surface area contributed by atoms with Gasteiger partial charge < -0.3 is 4.90 Å². The molecular formula is C21H23N3O3S. The lowest BCUT2D eigenvalue weighted by molar-refractivity contribution is -0.385. The Morgan fingerprint density at radius 1 is 1.14 bits per heavy atom. The SMILES string of the molecule is CSc1ccc([N+](=O)[O-])c(C(=O)N2CCN(C/C=C/c3ccccc3)CC2)c1. The molecule has 1 saturated heterocycles. The fourth-order valence-electron chi connectivity index (χ4n) is 3.18. The van der Waals surface area contributed by atoms with E-state index >= 15 is 0 Å². The van der Waals surface area contributed by atoms with Crippen LogP contribution in [0, 0.1) is 10.1 Å². The lowest BCUT2D eigenvalue weighted by atomic mass is 10.1. The quantitative estimate of drug-likeness (QED) is 0.421. The minimum atomic E-state index is -0.484. The smallest absolute Gasteiger partial charge is 0.282 e. The van der Waals surface area contributed by atoms with Crippen LogP contribution in [0.5, 0.6) is 0 Å². The zero-order valence-electron chi connectivity index (χ0n) is 15.8. The van der Waals surface area contributed by atoms with Crippen molar-refractivity contribution in [2.45, 2.75) is 4.90 Å². The zero-order valence-corrected chi connectivity index (χ0v) is 16.6. The first-order chi connectivity index (χ1) is 13.6. The van der Waals surface area contributed by atoms with Gasteiger partial charge in [-0.25, -0.2) is 0 Å². The van der Waals surface area contributed by atoms with Crippen LogP contribution in [0.25, 0.3) is 6.08 Å². The molecule has 0 atom stereocenters. The van der Waals surface area contributed by atoms with Crippen molar-refractivity contribution in [3.8, 4) is 0 Å². The van der Waals surface area contributed by atoms with Crippen LogP contribution < -0.4 is 0 Å². The van der Waals surface area contributed by atoms with E-state index in [0.29, 0.717) is 13.1 Å². The highest BCUT2D eigenvalue weighted by Gasteiger charge is 2.27. The monoisotopic (exact) mass is 397 g/mol. The molecule has 2 aromatic carbocycles. The van der Waals surface area contributed by atoms with Gasteiger partial charge in [-0.05, 0) is 24.0 Å². The predicted octanol–water partition coefficient (Wildman–Crippen LogP) is 3.79.